The molecule has 2 rings (SSSR count). The Morgan fingerprint density at radius 2 is 1.92 bits per heavy atom. The summed E-state index contributed by atoms with van der Waals surface area (Å²) < 4.78 is 5.16. The molecule has 0 heterocycles. The maximum atomic E-state index is 12.1. The van der Waals surface area contributed by atoms with E-state index in [1.54, 1.807) is 7.11 Å². The van der Waals surface area contributed by atoms with Crippen LogP contribution in [-0.2, 0) is 4.79 Å². The minimum Gasteiger partial charge on any atom is -0.497 e. The summed E-state index contributed by atoms with van der Waals surface area (Å²) in [7, 11) is 1.61. The van der Waals surface area contributed by atoms with Gasteiger partial charge in [0.1, 0.15) is 5.75 Å². The largest absolute Gasteiger partial charge is 0.497 e. The summed E-state index contributed by atoms with van der Waals surface area (Å²) in [5.41, 5.74) is 5.41. The summed E-state index contributed by atoms with van der Waals surface area (Å²) in [4.78, 5) is 12.1. The van der Waals surface area contributed by atoms with Crippen molar-refractivity contribution in [2.45, 2.75) is 26.2 Å². The maximum Gasteiger partial charge on any atom is 0.259 e. The van der Waals surface area contributed by atoms with Gasteiger partial charge in [0.15, 0.2) is 0 Å². The molecule has 5 heteroatoms. The van der Waals surface area contributed by atoms with E-state index < -0.39 is 0 Å². The molecule has 0 aliphatic rings. The molecule has 0 aromatic heterocycles. The normalized spacial score (nSPS) is 11.0. The Morgan fingerprint density at radius 3 is 2.64 bits per heavy atom. The number of ether oxygens (including phenoxy) is 1. The first-order valence-corrected chi connectivity index (χ1v) is 8.51. The molecule has 0 bridgehead atoms. The highest BCUT2D eigenvalue weighted by Gasteiger charge is 2.05. The molecule has 0 aliphatic carbocycles. The number of hydrazone groups is 1. The van der Waals surface area contributed by atoms with E-state index in [-0.39, 0.29) is 12.5 Å². The van der Waals surface area contributed by atoms with Gasteiger partial charge in [0.2, 0.25) is 0 Å². The van der Waals surface area contributed by atoms with Crippen LogP contribution in [0, 0.1) is 0 Å². The Kier molecular flexibility index (Phi) is 7.50. The quantitative estimate of drug-likeness (QED) is 0.539. The molecule has 2 aromatic carbocycles. The summed E-state index contributed by atoms with van der Waals surface area (Å²) >= 11 is 0. The zero-order valence-corrected chi connectivity index (χ0v) is 14.8. The van der Waals surface area contributed by atoms with Gasteiger partial charge in [0.05, 0.1) is 19.4 Å². The van der Waals surface area contributed by atoms with Gasteiger partial charge in [-0.3, -0.25) is 4.79 Å². The first-order valence-electron chi connectivity index (χ1n) is 8.51. The van der Waals surface area contributed by atoms with Crippen molar-refractivity contribution in [2.24, 2.45) is 5.10 Å². The monoisotopic (exact) mass is 339 g/mol. The van der Waals surface area contributed by atoms with E-state index in [4.69, 9.17) is 4.74 Å². The molecule has 0 spiro atoms. The molecule has 25 heavy (non-hydrogen) atoms. The topological polar surface area (TPSA) is 62.7 Å². The molecular weight excluding hydrogens is 314 g/mol. The van der Waals surface area contributed by atoms with Gasteiger partial charge in [0, 0.05) is 11.8 Å². The lowest BCUT2D eigenvalue weighted by Crippen LogP contribution is -2.27. The van der Waals surface area contributed by atoms with Crippen LogP contribution in [-0.4, -0.2) is 25.3 Å². The van der Waals surface area contributed by atoms with Crippen LogP contribution >= 0.6 is 0 Å². The standard InChI is InChI=1S/C20H25N3O2/c1-3-4-13-19(16-9-6-5-7-10-16)22-23-20(24)15-21-17-11-8-12-18(14-17)25-2/h5-12,14,21H,3-4,13,15H2,1-2H3,(H,23,24)/b22-19-. The molecule has 0 unspecified atom stereocenters. The van der Waals surface area contributed by atoms with Crippen LogP contribution in [0.2, 0.25) is 0 Å². The first-order chi connectivity index (χ1) is 12.2. The van der Waals surface area contributed by atoms with Crippen LogP contribution in [0.5, 0.6) is 5.75 Å². The number of carbonyl (C=O) groups excluding carboxylic acids is 1. The fourth-order valence-corrected chi connectivity index (χ4v) is 2.32. The molecule has 0 atom stereocenters. The van der Waals surface area contributed by atoms with Gasteiger partial charge in [-0.2, -0.15) is 5.10 Å². The average Bonchev–Trinajstić information content (AvgIpc) is 2.67. The summed E-state index contributed by atoms with van der Waals surface area (Å²) in [5, 5.41) is 7.39. The van der Waals surface area contributed by atoms with E-state index in [1.807, 2.05) is 54.6 Å². The Labute approximate surface area is 149 Å². The summed E-state index contributed by atoms with van der Waals surface area (Å²) in [6.07, 6.45) is 2.95. The van der Waals surface area contributed by atoms with Gasteiger partial charge in [-0.1, -0.05) is 49.7 Å². The second-order valence-electron chi connectivity index (χ2n) is 5.65. The second kappa shape index (κ2) is 10.1. The van der Waals surface area contributed by atoms with Crippen molar-refractivity contribution in [2.75, 3.05) is 19.0 Å². The Bertz CT molecular complexity index is 699. The third-order valence-electron chi connectivity index (χ3n) is 3.71. The van der Waals surface area contributed by atoms with Crippen LogP contribution in [0.1, 0.15) is 31.7 Å². The van der Waals surface area contributed by atoms with Crippen molar-refractivity contribution >= 4 is 17.3 Å². The van der Waals surface area contributed by atoms with E-state index in [0.29, 0.717) is 0 Å². The lowest BCUT2D eigenvalue weighted by Gasteiger charge is -2.09. The molecule has 2 N–H and O–H groups in total. The zero-order chi connectivity index (χ0) is 17.9. The fourth-order valence-electron chi connectivity index (χ4n) is 2.32. The SMILES string of the molecule is CCCC/C(=N/NC(=O)CNc1cccc(OC)c1)c1ccccc1. The van der Waals surface area contributed by atoms with Crippen LogP contribution in [0.25, 0.3) is 0 Å². The minimum absolute atomic E-state index is 0.145. The van der Waals surface area contributed by atoms with Crippen molar-refractivity contribution < 1.29 is 9.53 Å². The maximum absolute atomic E-state index is 12.1. The lowest BCUT2D eigenvalue weighted by molar-refractivity contribution is -0.119. The van der Waals surface area contributed by atoms with Gasteiger partial charge in [-0.05, 0) is 30.5 Å². The number of hydrogen-bond acceptors (Lipinski definition) is 4. The molecule has 1 amide bonds. The molecular formula is C20H25N3O2. The molecule has 132 valence electrons. The Balaban J connectivity index is 1.93. The van der Waals surface area contributed by atoms with Gasteiger partial charge >= 0.3 is 0 Å². The van der Waals surface area contributed by atoms with E-state index in [0.717, 1.165) is 42.0 Å². The number of methoxy groups -OCH3 is 1. The number of rotatable bonds is 9. The molecule has 0 radical (unpaired) electrons. The molecule has 0 aliphatic heterocycles. The van der Waals surface area contributed by atoms with Gasteiger partial charge < -0.3 is 10.1 Å². The molecule has 0 saturated carbocycles. The second-order valence-corrected chi connectivity index (χ2v) is 5.65. The molecule has 0 saturated heterocycles. The Hall–Kier alpha value is -2.82. The zero-order valence-electron chi connectivity index (χ0n) is 14.8. The van der Waals surface area contributed by atoms with Gasteiger partial charge in [-0.25, -0.2) is 5.43 Å². The summed E-state index contributed by atoms with van der Waals surface area (Å²) in [5.74, 6) is 0.558. The van der Waals surface area contributed by atoms with E-state index in [9.17, 15) is 4.79 Å². The van der Waals surface area contributed by atoms with Crippen LogP contribution < -0.4 is 15.5 Å². The van der Waals surface area contributed by atoms with Gasteiger partial charge in [0.25, 0.3) is 5.91 Å². The number of nitrogens with one attached hydrogen (secondary N) is 2. The Morgan fingerprint density at radius 1 is 1.12 bits per heavy atom. The third kappa shape index (κ3) is 6.30. The van der Waals surface area contributed by atoms with Crippen LogP contribution in [0.3, 0.4) is 0 Å². The average molecular weight is 339 g/mol. The smallest absolute Gasteiger partial charge is 0.259 e. The lowest BCUT2D eigenvalue weighted by atomic mass is 10.1. The first kappa shape index (κ1) is 18.5. The molecule has 0 fully saturated rings. The van der Waals surface area contributed by atoms with Crippen molar-refractivity contribution in [3.05, 3.63) is 60.2 Å². The number of hydrogen-bond donors (Lipinski definition) is 2. The number of nitrogens with zero attached hydrogens (tertiary/aromatic N) is 1. The highest BCUT2D eigenvalue weighted by molar-refractivity contribution is 6.01. The number of anilines is 1. The van der Waals surface area contributed by atoms with Crippen LogP contribution in [0.15, 0.2) is 59.7 Å². The van der Waals surface area contributed by atoms with Crippen LogP contribution in [0.4, 0.5) is 5.69 Å². The van der Waals surface area contributed by atoms with Crippen molar-refractivity contribution in [3.63, 3.8) is 0 Å². The number of unbranched alkanes of at least 4 members (excludes halogenated alkanes) is 1. The van der Waals surface area contributed by atoms with Crippen molar-refractivity contribution in [1.82, 2.24) is 5.43 Å². The van der Waals surface area contributed by atoms with Crippen molar-refractivity contribution in [3.8, 4) is 5.75 Å². The fraction of sp³-hybridized carbons (Fsp3) is 0.300. The predicted molar refractivity (Wildman–Crippen MR) is 102 cm³/mol. The highest BCUT2D eigenvalue weighted by atomic mass is 16.5. The van der Waals surface area contributed by atoms with Gasteiger partial charge in [-0.15, -0.1) is 0 Å². The number of carbonyl (C=O) groups is 1. The van der Waals surface area contributed by atoms with Crippen molar-refractivity contribution in [1.29, 1.82) is 0 Å². The molecule has 2 aromatic rings. The third-order valence-corrected chi connectivity index (χ3v) is 3.71. The number of amides is 1. The summed E-state index contributed by atoms with van der Waals surface area (Å²) in [6.45, 7) is 2.28. The van der Waals surface area contributed by atoms with E-state index in [2.05, 4.69) is 22.8 Å². The number of benzene rings is 2. The van der Waals surface area contributed by atoms with E-state index >= 15 is 0 Å². The van der Waals surface area contributed by atoms with E-state index in [1.165, 1.54) is 0 Å². The highest BCUT2D eigenvalue weighted by Crippen LogP contribution is 2.16. The minimum atomic E-state index is -0.187. The summed E-state index contributed by atoms with van der Waals surface area (Å²) in [6, 6.07) is 17.4. The predicted octanol–water partition coefficient (Wildman–Crippen LogP) is 3.82. The molecule has 5 nitrogen and oxygen atoms in total.